The van der Waals surface area contributed by atoms with Crippen molar-refractivity contribution < 1.29 is 5.11 Å². The van der Waals surface area contributed by atoms with Gasteiger partial charge in [-0.1, -0.05) is 64.2 Å². The number of benzene rings is 1. The minimum atomic E-state index is -0.115. The van der Waals surface area contributed by atoms with E-state index >= 15 is 0 Å². The zero-order chi connectivity index (χ0) is 15.3. The van der Waals surface area contributed by atoms with Crippen molar-refractivity contribution in [2.75, 3.05) is 19.7 Å². The Balaban J connectivity index is 3.07. The van der Waals surface area contributed by atoms with E-state index in [1.807, 2.05) is 6.92 Å². The van der Waals surface area contributed by atoms with Gasteiger partial charge < -0.3 is 10.8 Å². The first-order valence-corrected chi connectivity index (χ1v) is 7.46. The molecule has 1 rings (SSSR count). The lowest BCUT2D eigenvalue weighted by Gasteiger charge is -2.30. The summed E-state index contributed by atoms with van der Waals surface area (Å²) in [4.78, 5) is 2.54. The maximum Gasteiger partial charge on any atom is 0.0948 e. The summed E-state index contributed by atoms with van der Waals surface area (Å²) < 4.78 is 0. The molecule has 1 atom stereocenters. The Kier molecular flexibility index (Phi) is 6.11. The molecule has 0 spiro atoms. The lowest BCUT2D eigenvalue weighted by Crippen LogP contribution is -2.38. The number of aliphatic hydroxyl groups is 1. The zero-order valence-corrected chi connectivity index (χ0v) is 13.7. The molecule has 0 amide bonds. The SMILES string of the molecule is CCN(CCO)C(C(N)=S)c1ccc(C(C)(C)C)cc1. The molecule has 3 N–H and O–H groups in total. The molecule has 1 aromatic carbocycles. The predicted octanol–water partition coefficient (Wildman–Crippen LogP) is 2.63. The molecule has 0 heterocycles. The molecule has 20 heavy (non-hydrogen) atoms. The Morgan fingerprint density at radius 2 is 1.85 bits per heavy atom. The number of likely N-dealkylation sites (N-methyl/N-ethyl adjacent to an activating group) is 1. The van der Waals surface area contributed by atoms with Gasteiger partial charge in [-0.2, -0.15) is 0 Å². The minimum absolute atomic E-state index is 0.104. The van der Waals surface area contributed by atoms with Crippen LogP contribution in [0.2, 0.25) is 0 Å². The average Bonchev–Trinajstić information content (AvgIpc) is 2.37. The third-order valence-electron chi connectivity index (χ3n) is 3.52. The summed E-state index contributed by atoms with van der Waals surface area (Å²) in [5.74, 6) is 0. The van der Waals surface area contributed by atoms with Crippen LogP contribution in [0.3, 0.4) is 0 Å². The molecule has 0 aliphatic carbocycles. The van der Waals surface area contributed by atoms with Gasteiger partial charge in [0.1, 0.15) is 0 Å². The molecule has 1 aromatic rings. The lowest BCUT2D eigenvalue weighted by atomic mass is 9.86. The monoisotopic (exact) mass is 294 g/mol. The average molecular weight is 294 g/mol. The first kappa shape index (κ1) is 17.1. The van der Waals surface area contributed by atoms with Crippen LogP contribution in [-0.4, -0.2) is 34.7 Å². The van der Waals surface area contributed by atoms with Gasteiger partial charge in [-0.05, 0) is 23.1 Å². The van der Waals surface area contributed by atoms with Crippen LogP contribution >= 0.6 is 12.2 Å². The second-order valence-electron chi connectivity index (χ2n) is 6.03. The highest BCUT2D eigenvalue weighted by atomic mass is 32.1. The minimum Gasteiger partial charge on any atom is -0.395 e. The molecule has 0 aliphatic rings. The second kappa shape index (κ2) is 7.16. The fourth-order valence-electron chi connectivity index (χ4n) is 2.32. The van der Waals surface area contributed by atoms with E-state index in [4.69, 9.17) is 18.0 Å². The summed E-state index contributed by atoms with van der Waals surface area (Å²) in [5.41, 5.74) is 8.41. The maximum atomic E-state index is 9.17. The van der Waals surface area contributed by atoms with Gasteiger partial charge in [0.05, 0.1) is 17.6 Å². The van der Waals surface area contributed by atoms with E-state index in [0.717, 1.165) is 12.1 Å². The Hall–Kier alpha value is -0.970. The van der Waals surface area contributed by atoms with Crippen molar-refractivity contribution in [3.63, 3.8) is 0 Å². The number of nitrogens with zero attached hydrogens (tertiary/aromatic N) is 1. The molecule has 0 bridgehead atoms. The van der Waals surface area contributed by atoms with Crippen molar-refractivity contribution in [1.82, 2.24) is 4.90 Å². The molecule has 0 aromatic heterocycles. The second-order valence-corrected chi connectivity index (χ2v) is 6.50. The number of hydrogen-bond donors (Lipinski definition) is 2. The highest BCUT2D eigenvalue weighted by molar-refractivity contribution is 7.80. The Labute approximate surface area is 127 Å². The predicted molar refractivity (Wildman–Crippen MR) is 89.0 cm³/mol. The molecule has 3 nitrogen and oxygen atoms in total. The van der Waals surface area contributed by atoms with Gasteiger partial charge >= 0.3 is 0 Å². The normalized spacial score (nSPS) is 13.5. The van der Waals surface area contributed by atoms with E-state index in [1.165, 1.54) is 5.56 Å². The van der Waals surface area contributed by atoms with Crippen molar-refractivity contribution >= 4 is 17.2 Å². The van der Waals surface area contributed by atoms with Crippen LogP contribution in [0.5, 0.6) is 0 Å². The highest BCUT2D eigenvalue weighted by Gasteiger charge is 2.22. The summed E-state index contributed by atoms with van der Waals surface area (Å²) in [6.07, 6.45) is 0. The Bertz CT molecular complexity index is 437. The summed E-state index contributed by atoms with van der Waals surface area (Å²) in [5, 5.41) is 9.17. The molecule has 0 saturated heterocycles. The maximum absolute atomic E-state index is 9.17. The quantitative estimate of drug-likeness (QED) is 0.792. The molecule has 1 unspecified atom stereocenters. The standard InChI is InChI=1S/C16H26N2OS/c1-5-18(10-11-19)14(15(17)20)12-6-8-13(9-7-12)16(2,3)4/h6-9,14,19H,5,10-11H2,1-4H3,(H2,17,20). The van der Waals surface area contributed by atoms with Crippen molar-refractivity contribution in [2.24, 2.45) is 5.73 Å². The topological polar surface area (TPSA) is 49.5 Å². The van der Waals surface area contributed by atoms with E-state index in [0.29, 0.717) is 11.5 Å². The van der Waals surface area contributed by atoms with Gasteiger partial charge in [0.25, 0.3) is 0 Å². The fraction of sp³-hybridized carbons (Fsp3) is 0.562. The van der Waals surface area contributed by atoms with Gasteiger partial charge in [-0.15, -0.1) is 0 Å². The summed E-state index contributed by atoms with van der Waals surface area (Å²) in [7, 11) is 0. The first-order chi connectivity index (χ1) is 9.31. The number of nitrogens with two attached hydrogens (primary N) is 1. The summed E-state index contributed by atoms with van der Waals surface area (Å²) >= 11 is 5.22. The van der Waals surface area contributed by atoms with Crippen molar-refractivity contribution in [1.29, 1.82) is 0 Å². The van der Waals surface area contributed by atoms with Crippen molar-refractivity contribution in [3.05, 3.63) is 35.4 Å². The van der Waals surface area contributed by atoms with Crippen LogP contribution in [-0.2, 0) is 5.41 Å². The van der Waals surface area contributed by atoms with E-state index in [-0.39, 0.29) is 18.1 Å². The molecule has 112 valence electrons. The molecule has 0 aliphatic heterocycles. The van der Waals surface area contributed by atoms with Crippen molar-refractivity contribution in [2.45, 2.75) is 39.2 Å². The van der Waals surface area contributed by atoms with Crippen LogP contribution in [0.1, 0.15) is 44.9 Å². The molecule has 0 fully saturated rings. The molecular weight excluding hydrogens is 268 g/mol. The van der Waals surface area contributed by atoms with Gasteiger partial charge in [0, 0.05) is 6.54 Å². The van der Waals surface area contributed by atoms with E-state index in [9.17, 15) is 5.11 Å². The smallest absolute Gasteiger partial charge is 0.0948 e. The summed E-state index contributed by atoms with van der Waals surface area (Å²) in [6.45, 7) is 10.1. The number of rotatable bonds is 6. The van der Waals surface area contributed by atoms with Gasteiger partial charge in [-0.3, -0.25) is 4.90 Å². The van der Waals surface area contributed by atoms with Gasteiger partial charge in [0.15, 0.2) is 0 Å². The third kappa shape index (κ3) is 4.27. The Morgan fingerprint density at radius 1 is 1.30 bits per heavy atom. The largest absolute Gasteiger partial charge is 0.395 e. The number of hydrogen-bond acceptors (Lipinski definition) is 3. The fourth-order valence-corrected chi connectivity index (χ4v) is 2.60. The third-order valence-corrected chi connectivity index (χ3v) is 3.74. The van der Waals surface area contributed by atoms with Gasteiger partial charge in [0.2, 0.25) is 0 Å². The van der Waals surface area contributed by atoms with Crippen LogP contribution in [0.4, 0.5) is 0 Å². The van der Waals surface area contributed by atoms with E-state index < -0.39 is 0 Å². The van der Waals surface area contributed by atoms with Crippen LogP contribution < -0.4 is 5.73 Å². The number of aliphatic hydroxyl groups excluding tert-OH is 1. The first-order valence-electron chi connectivity index (χ1n) is 7.06. The van der Waals surface area contributed by atoms with E-state index in [1.54, 1.807) is 0 Å². The highest BCUT2D eigenvalue weighted by Crippen LogP contribution is 2.26. The van der Waals surface area contributed by atoms with Crippen LogP contribution in [0.25, 0.3) is 0 Å². The van der Waals surface area contributed by atoms with Crippen LogP contribution in [0, 0.1) is 0 Å². The van der Waals surface area contributed by atoms with Crippen LogP contribution in [0.15, 0.2) is 24.3 Å². The molecular formula is C16H26N2OS. The van der Waals surface area contributed by atoms with Gasteiger partial charge in [-0.25, -0.2) is 0 Å². The zero-order valence-electron chi connectivity index (χ0n) is 12.9. The molecule has 0 radical (unpaired) electrons. The molecule has 0 saturated carbocycles. The lowest BCUT2D eigenvalue weighted by molar-refractivity contribution is 0.185. The molecule has 4 heteroatoms. The Morgan fingerprint density at radius 3 is 2.20 bits per heavy atom. The van der Waals surface area contributed by atoms with Crippen molar-refractivity contribution in [3.8, 4) is 0 Å². The van der Waals surface area contributed by atoms with E-state index in [2.05, 4.69) is 49.9 Å². The summed E-state index contributed by atoms with van der Waals surface area (Å²) in [6, 6.07) is 8.33. The number of thiocarbonyl (C=S) groups is 1.